The molecule has 1 saturated heterocycles. The molecule has 3 heterocycles. The van der Waals surface area contributed by atoms with E-state index in [0.29, 0.717) is 0 Å². The first-order chi connectivity index (χ1) is 16.3. The van der Waals surface area contributed by atoms with E-state index in [0.717, 1.165) is 18.5 Å². The fraction of sp³-hybridized carbons (Fsp3) is 0.429. The molecule has 0 amide bonds. The van der Waals surface area contributed by atoms with Crippen LogP contribution in [0.25, 0.3) is 0 Å². The first-order valence-electron chi connectivity index (χ1n) is 10.1. The lowest BCUT2D eigenvalue weighted by molar-refractivity contribution is -0.0652. The molecule has 13 heteroatoms. The molecule has 182 valence electrons. The van der Waals surface area contributed by atoms with E-state index in [9.17, 15) is 26.7 Å². The third-order valence-corrected chi connectivity index (χ3v) is 5.80. The number of halogens is 5. The van der Waals surface area contributed by atoms with Crippen LogP contribution >= 0.6 is 0 Å². The van der Waals surface area contributed by atoms with Gasteiger partial charge in [0.1, 0.15) is 29.8 Å². The molecule has 2 aliphatic rings. The highest BCUT2D eigenvalue weighted by molar-refractivity contribution is 5.95. The minimum atomic E-state index is -2.94. The SMILES string of the molecule is NC1=N[C@](CF)(c2cc(CC(=O)c3cnc(OCF)cn3)ccc2F)[C@H]2CO[C@@H](C(F)F)[C@H]2O1. The number of rotatable bonds is 8. The van der Waals surface area contributed by atoms with Gasteiger partial charge >= 0.3 is 0 Å². The summed E-state index contributed by atoms with van der Waals surface area (Å²) >= 11 is 0. The number of aromatic nitrogens is 2. The molecule has 1 aromatic heterocycles. The van der Waals surface area contributed by atoms with Gasteiger partial charge in [0.05, 0.1) is 24.9 Å². The zero-order valence-corrected chi connectivity index (χ0v) is 17.5. The van der Waals surface area contributed by atoms with Gasteiger partial charge < -0.3 is 19.9 Å². The fourth-order valence-electron chi connectivity index (χ4n) is 4.20. The minimum Gasteiger partial charge on any atom is -0.459 e. The minimum absolute atomic E-state index is 0.0605. The van der Waals surface area contributed by atoms with E-state index in [4.69, 9.17) is 15.2 Å². The zero-order chi connectivity index (χ0) is 24.5. The Morgan fingerprint density at radius 3 is 2.71 bits per heavy atom. The number of ketones is 1. The summed E-state index contributed by atoms with van der Waals surface area (Å²) in [6.07, 6.45) is -4.06. The summed E-state index contributed by atoms with van der Waals surface area (Å²) in [6.45, 7) is -2.74. The Bertz CT molecular complexity index is 1090. The van der Waals surface area contributed by atoms with Crippen LogP contribution in [-0.2, 0) is 21.4 Å². The number of nitrogens with zero attached hydrogens (tertiary/aromatic N) is 3. The average Bonchev–Trinajstić information content (AvgIpc) is 3.25. The molecule has 1 aromatic carbocycles. The fourth-order valence-corrected chi connectivity index (χ4v) is 4.20. The van der Waals surface area contributed by atoms with Crippen molar-refractivity contribution in [1.29, 1.82) is 0 Å². The highest BCUT2D eigenvalue weighted by Gasteiger charge is 2.58. The molecular weight excluding hydrogens is 467 g/mol. The summed E-state index contributed by atoms with van der Waals surface area (Å²) in [7, 11) is 0. The van der Waals surface area contributed by atoms with Crippen LogP contribution < -0.4 is 10.5 Å². The number of amidine groups is 1. The quantitative estimate of drug-likeness (QED) is 0.451. The highest BCUT2D eigenvalue weighted by atomic mass is 19.3. The molecule has 0 saturated carbocycles. The number of nitrogens with two attached hydrogens (primary N) is 1. The topological polar surface area (TPSA) is 109 Å². The van der Waals surface area contributed by atoms with Gasteiger partial charge in [0.15, 0.2) is 11.9 Å². The maximum Gasteiger partial charge on any atom is 0.283 e. The Balaban J connectivity index is 1.65. The second-order valence-electron chi connectivity index (χ2n) is 7.74. The van der Waals surface area contributed by atoms with E-state index >= 15 is 0 Å². The number of fused-ring (bicyclic) bond motifs is 1. The van der Waals surface area contributed by atoms with E-state index in [1.165, 1.54) is 12.1 Å². The Morgan fingerprint density at radius 2 is 2.06 bits per heavy atom. The summed E-state index contributed by atoms with van der Waals surface area (Å²) in [5.41, 5.74) is 3.63. The molecular formula is C21H19F5N4O4. The van der Waals surface area contributed by atoms with Crippen molar-refractivity contribution in [2.24, 2.45) is 16.6 Å². The van der Waals surface area contributed by atoms with Gasteiger partial charge in [0, 0.05) is 12.0 Å². The lowest BCUT2D eigenvalue weighted by Crippen LogP contribution is -2.52. The normalized spacial score (nSPS) is 26.1. The van der Waals surface area contributed by atoms with Crippen molar-refractivity contribution in [3.8, 4) is 5.88 Å². The molecule has 0 spiro atoms. The van der Waals surface area contributed by atoms with E-state index in [-0.39, 0.29) is 35.7 Å². The van der Waals surface area contributed by atoms with Crippen LogP contribution in [0.1, 0.15) is 21.6 Å². The van der Waals surface area contributed by atoms with Gasteiger partial charge in [-0.2, -0.15) is 0 Å². The van der Waals surface area contributed by atoms with Gasteiger partial charge in [0.25, 0.3) is 12.4 Å². The maximum atomic E-state index is 14.9. The first kappa shape index (κ1) is 23.8. The third-order valence-electron chi connectivity index (χ3n) is 5.80. The first-order valence-corrected chi connectivity index (χ1v) is 10.1. The molecule has 0 unspecified atom stereocenters. The lowest BCUT2D eigenvalue weighted by Gasteiger charge is -2.40. The molecule has 1 fully saturated rings. The Kier molecular flexibility index (Phi) is 6.64. The van der Waals surface area contributed by atoms with Gasteiger partial charge in [0.2, 0.25) is 12.7 Å². The van der Waals surface area contributed by atoms with Crippen LogP contribution in [-0.4, -0.2) is 60.5 Å². The summed E-state index contributed by atoms with van der Waals surface area (Å²) in [6, 6.07) is 3.00. The predicted octanol–water partition coefficient (Wildman–Crippen LogP) is 2.51. The second-order valence-corrected chi connectivity index (χ2v) is 7.74. The molecule has 2 N–H and O–H groups in total. The maximum absolute atomic E-state index is 14.9. The second kappa shape index (κ2) is 9.49. The van der Waals surface area contributed by atoms with Crippen LogP contribution in [0.2, 0.25) is 0 Å². The van der Waals surface area contributed by atoms with Gasteiger partial charge in [-0.25, -0.2) is 36.9 Å². The Hall–Kier alpha value is -3.35. The molecule has 0 aliphatic carbocycles. The number of hydrogen-bond donors (Lipinski definition) is 1. The molecule has 4 atom stereocenters. The standard InChI is InChI=1S/C21H19F5N4O4/c22-8-21(12-7-32-18(19(25)26)17(12)34-20(27)30-21)11-3-10(1-2-13(11)24)4-15(31)14-5-29-16(6-28-14)33-9-23/h1-3,5-6,12,17-19H,4,7-9H2,(H2,27,30)/t12-,17-,18+,21+/m0/s1. The smallest absolute Gasteiger partial charge is 0.283 e. The number of Topliss-reactive ketones (excluding diaryl/α,β-unsaturated/α-hetero) is 1. The van der Waals surface area contributed by atoms with Crippen LogP contribution in [0, 0.1) is 11.7 Å². The number of benzene rings is 1. The Labute approximate surface area is 189 Å². The molecule has 2 aliphatic heterocycles. The van der Waals surface area contributed by atoms with E-state index < -0.39 is 61.2 Å². The predicted molar refractivity (Wildman–Crippen MR) is 106 cm³/mol. The van der Waals surface area contributed by atoms with Crippen molar-refractivity contribution < 1.29 is 41.0 Å². The largest absolute Gasteiger partial charge is 0.459 e. The number of hydrogen-bond acceptors (Lipinski definition) is 8. The molecule has 34 heavy (non-hydrogen) atoms. The number of aliphatic imine (C=N–C) groups is 1. The number of carbonyl (C=O) groups is 1. The van der Waals surface area contributed by atoms with E-state index in [1.807, 2.05) is 0 Å². The molecule has 0 bridgehead atoms. The van der Waals surface area contributed by atoms with Gasteiger partial charge in [-0.1, -0.05) is 6.07 Å². The van der Waals surface area contributed by atoms with Gasteiger partial charge in [-0.3, -0.25) is 4.79 Å². The van der Waals surface area contributed by atoms with Crippen LogP contribution in [0.15, 0.2) is 35.6 Å². The summed E-state index contributed by atoms with van der Waals surface area (Å²) < 4.78 is 83.3. The van der Waals surface area contributed by atoms with E-state index in [2.05, 4.69) is 19.7 Å². The summed E-state index contributed by atoms with van der Waals surface area (Å²) in [5, 5.41) is 0. The van der Waals surface area contributed by atoms with Gasteiger partial charge in [-0.05, 0) is 17.7 Å². The van der Waals surface area contributed by atoms with Crippen LogP contribution in [0.4, 0.5) is 22.0 Å². The zero-order valence-electron chi connectivity index (χ0n) is 17.5. The van der Waals surface area contributed by atoms with Crippen molar-refractivity contribution in [1.82, 2.24) is 9.97 Å². The van der Waals surface area contributed by atoms with Crippen molar-refractivity contribution in [3.63, 3.8) is 0 Å². The van der Waals surface area contributed by atoms with Crippen molar-refractivity contribution in [2.75, 3.05) is 20.1 Å². The molecule has 2 aromatic rings. The molecule has 0 radical (unpaired) electrons. The van der Waals surface area contributed by atoms with Crippen molar-refractivity contribution in [3.05, 3.63) is 53.2 Å². The Morgan fingerprint density at radius 1 is 1.26 bits per heavy atom. The van der Waals surface area contributed by atoms with Crippen LogP contribution in [0.5, 0.6) is 5.88 Å². The number of ether oxygens (including phenoxy) is 3. The monoisotopic (exact) mass is 486 g/mol. The summed E-state index contributed by atoms with van der Waals surface area (Å²) in [4.78, 5) is 24.2. The number of alkyl halides is 4. The van der Waals surface area contributed by atoms with Crippen molar-refractivity contribution in [2.45, 2.75) is 30.6 Å². The average molecular weight is 486 g/mol. The number of carbonyl (C=O) groups excluding carboxylic acids is 1. The third kappa shape index (κ3) is 4.27. The van der Waals surface area contributed by atoms with Crippen LogP contribution in [0.3, 0.4) is 0 Å². The van der Waals surface area contributed by atoms with E-state index in [1.54, 1.807) is 0 Å². The highest BCUT2D eigenvalue weighted by Crippen LogP contribution is 2.46. The summed E-state index contributed by atoms with van der Waals surface area (Å²) in [5.74, 6) is -2.57. The van der Waals surface area contributed by atoms with Crippen molar-refractivity contribution >= 4 is 11.8 Å². The molecule has 4 rings (SSSR count). The van der Waals surface area contributed by atoms with Gasteiger partial charge in [-0.15, -0.1) is 0 Å². The molecule has 8 nitrogen and oxygen atoms in total. The lowest BCUT2D eigenvalue weighted by atomic mass is 9.75.